The van der Waals surface area contributed by atoms with Gasteiger partial charge in [0.25, 0.3) is 0 Å². The Hall–Kier alpha value is -1.10. The quantitative estimate of drug-likeness (QED) is 0.704. The van der Waals surface area contributed by atoms with E-state index in [1.165, 1.54) is 0 Å². The van der Waals surface area contributed by atoms with Crippen LogP contribution in [0, 0.1) is 0 Å². The zero-order valence-electron chi connectivity index (χ0n) is 10.4. The summed E-state index contributed by atoms with van der Waals surface area (Å²) in [6.07, 6.45) is -0.609. The summed E-state index contributed by atoms with van der Waals surface area (Å²) < 4.78 is 15.4. The minimum Gasteiger partial charge on any atom is -0.494 e. The first kappa shape index (κ1) is 14.0. The Morgan fingerprint density at radius 3 is 2.47 bits per heavy atom. The van der Waals surface area contributed by atoms with E-state index in [9.17, 15) is 5.11 Å². The first-order chi connectivity index (χ1) is 8.27. The van der Waals surface area contributed by atoms with Gasteiger partial charge < -0.3 is 19.3 Å². The minimum absolute atomic E-state index is 0.275. The molecule has 1 atom stereocenters. The largest absolute Gasteiger partial charge is 0.494 e. The van der Waals surface area contributed by atoms with E-state index in [2.05, 4.69) is 0 Å². The summed E-state index contributed by atoms with van der Waals surface area (Å²) in [6.45, 7) is 3.88. The maximum atomic E-state index is 9.83. The molecule has 0 fully saturated rings. The smallest absolute Gasteiger partial charge is 0.119 e. The van der Waals surface area contributed by atoms with E-state index in [0.29, 0.717) is 19.8 Å². The van der Waals surface area contributed by atoms with Crippen molar-refractivity contribution < 1.29 is 19.3 Å². The van der Waals surface area contributed by atoms with Gasteiger partial charge in [0.05, 0.1) is 26.4 Å². The number of hydrogen-bond acceptors (Lipinski definition) is 4. The van der Waals surface area contributed by atoms with Crippen LogP contribution in [0.25, 0.3) is 0 Å². The molecule has 0 spiro atoms. The van der Waals surface area contributed by atoms with Gasteiger partial charge in [-0.05, 0) is 24.6 Å². The van der Waals surface area contributed by atoms with E-state index in [-0.39, 0.29) is 6.61 Å². The Balaban J connectivity index is 2.37. The Morgan fingerprint density at radius 2 is 1.88 bits per heavy atom. The average Bonchev–Trinajstić information content (AvgIpc) is 2.36. The lowest BCUT2D eigenvalue weighted by molar-refractivity contribution is 0.0126. The van der Waals surface area contributed by atoms with Gasteiger partial charge in [0, 0.05) is 7.11 Å². The molecule has 17 heavy (non-hydrogen) atoms. The summed E-state index contributed by atoms with van der Waals surface area (Å²) in [5, 5.41) is 9.83. The molecule has 0 aliphatic carbocycles. The van der Waals surface area contributed by atoms with Crippen molar-refractivity contribution in [3.8, 4) is 5.75 Å². The molecule has 0 aliphatic rings. The third kappa shape index (κ3) is 5.17. The van der Waals surface area contributed by atoms with E-state index in [0.717, 1.165) is 11.3 Å². The lowest BCUT2D eigenvalue weighted by Gasteiger charge is -2.12. The number of benzene rings is 1. The van der Waals surface area contributed by atoms with Gasteiger partial charge in [0.2, 0.25) is 0 Å². The molecule has 0 bridgehead atoms. The second-order valence-corrected chi connectivity index (χ2v) is 3.59. The number of methoxy groups -OCH3 is 1. The number of aliphatic hydroxyl groups excluding tert-OH is 1. The summed E-state index contributed by atoms with van der Waals surface area (Å²) in [7, 11) is 1.62. The van der Waals surface area contributed by atoms with Gasteiger partial charge in [0.15, 0.2) is 0 Å². The predicted molar refractivity (Wildman–Crippen MR) is 65.3 cm³/mol. The SMILES string of the molecule is CCOc1ccc(C(O)COCCOC)cc1. The Kier molecular flexibility index (Phi) is 6.62. The molecular weight excluding hydrogens is 220 g/mol. The highest BCUT2D eigenvalue weighted by Gasteiger charge is 2.07. The number of aliphatic hydroxyl groups is 1. The molecule has 0 amide bonds. The average molecular weight is 240 g/mol. The molecule has 0 aliphatic heterocycles. The van der Waals surface area contributed by atoms with Crippen LogP contribution in [0.15, 0.2) is 24.3 Å². The zero-order valence-corrected chi connectivity index (χ0v) is 10.4. The van der Waals surface area contributed by atoms with Gasteiger partial charge in [-0.25, -0.2) is 0 Å². The minimum atomic E-state index is -0.609. The van der Waals surface area contributed by atoms with Crippen LogP contribution in [0.5, 0.6) is 5.75 Å². The second-order valence-electron chi connectivity index (χ2n) is 3.59. The summed E-state index contributed by atoms with van der Waals surface area (Å²) in [5.41, 5.74) is 0.825. The fourth-order valence-electron chi connectivity index (χ4n) is 1.39. The molecule has 0 radical (unpaired) electrons. The van der Waals surface area contributed by atoms with Crippen molar-refractivity contribution in [1.29, 1.82) is 0 Å². The van der Waals surface area contributed by atoms with Gasteiger partial charge in [-0.2, -0.15) is 0 Å². The maximum Gasteiger partial charge on any atom is 0.119 e. The first-order valence-electron chi connectivity index (χ1n) is 5.75. The summed E-state index contributed by atoms with van der Waals surface area (Å²) in [4.78, 5) is 0. The predicted octanol–water partition coefficient (Wildman–Crippen LogP) is 1.78. The van der Waals surface area contributed by atoms with Gasteiger partial charge in [-0.3, -0.25) is 0 Å². The number of hydrogen-bond donors (Lipinski definition) is 1. The van der Waals surface area contributed by atoms with Crippen molar-refractivity contribution in [2.45, 2.75) is 13.0 Å². The van der Waals surface area contributed by atoms with Gasteiger partial charge >= 0.3 is 0 Å². The van der Waals surface area contributed by atoms with Crippen molar-refractivity contribution in [1.82, 2.24) is 0 Å². The van der Waals surface area contributed by atoms with Crippen molar-refractivity contribution in [3.63, 3.8) is 0 Å². The molecule has 1 N–H and O–H groups in total. The first-order valence-corrected chi connectivity index (χ1v) is 5.75. The van der Waals surface area contributed by atoms with Crippen LogP contribution in [0.1, 0.15) is 18.6 Å². The van der Waals surface area contributed by atoms with Gasteiger partial charge in [-0.1, -0.05) is 12.1 Å². The second kappa shape index (κ2) is 8.06. The molecule has 96 valence electrons. The van der Waals surface area contributed by atoms with Crippen LogP contribution < -0.4 is 4.74 Å². The zero-order chi connectivity index (χ0) is 12.5. The van der Waals surface area contributed by atoms with E-state index in [1.54, 1.807) is 7.11 Å². The van der Waals surface area contributed by atoms with Crippen molar-refractivity contribution in [3.05, 3.63) is 29.8 Å². The molecule has 4 nitrogen and oxygen atoms in total. The van der Waals surface area contributed by atoms with E-state index in [1.807, 2.05) is 31.2 Å². The van der Waals surface area contributed by atoms with E-state index < -0.39 is 6.10 Å². The highest BCUT2D eigenvalue weighted by Crippen LogP contribution is 2.18. The standard InChI is InChI=1S/C13H20O4/c1-3-17-12-6-4-11(5-7-12)13(14)10-16-9-8-15-2/h4-7,13-14H,3,8-10H2,1-2H3. The lowest BCUT2D eigenvalue weighted by Crippen LogP contribution is -2.10. The van der Waals surface area contributed by atoms with Crippen LogP contribution in [0.3, 0.4) is 0 Å². The summed E-state index contributed by atoms with van der Waals surface area (Å²) in [6, 6.07) is 7.37. The fraction of sp³-hybridized carbons (Fsp3) is 0.538. The van der Waals surface area contributed by atoms with Gasteiger partial charge in [0.1, 0.15) is 11.9 Å². The summed E-state index contributed by atoms with van der Waals surface area (Å²) >= 11 is 0. The van der Waals surface area contributed by atoms with Gasteiger partial charge in [-0.15, -0.1) is 0 Å². The van der Waals surface area contributed by atoms with Crippen molar-refractivity contribution in [2.24, 2.45) is 0 Å². The molecule has 1 aromatic rings. The number of ether oxygens (including phenoxy) is 3. The summed E-state index contributed by atoms with van der Waals surface area (Å²) in [5.74, 6) is 0.809. The normalized spacial score (nSPS) is 12.4. The molecule has 0 heterocycles. The Bertz CT molecular complexity index is 297. The van der Waals surface area contributed by atoms with Crippen LogP contribution in [0.4, 0.5) is 0 Å². The molecule has 0 aromatic heterocycles. The highest BCUT2D eigenvalue weighted by molar-refractivity contribution is 5.28. The maximum absolute atomic E-state index is 9.83. The topological polar surface area (TPSA) is 47.9 Å². The van der Waals surface area contributed by atoms with Crippen LogP contribution >= 0.6 is 0 Å². The van der Waals surface area contributed by atoms with E-state index >= 15 is 0 Å². The third-order valence-corrected chi connectivity index (χ3v) is 2.28. The van der Waals surface area contributed by atoms with Crippen molar-refractivity contribution in [2.75, 3.05) is 33.5 Å². The molecule has 1 unspecified atom stereocenters. The molecular formula is C13H20O4. The van der Waals surface area contributed by atoms with E-state index in [4.69, 9.17) is 14.2 Å². The Morgan fingerprint density at radius 1 is 1.18 bits per heavy atom. The lowest BCUT2D eigenvalue weighted by atomic mass is 10.1. The fourth-order valence-corrected chi connectivity index (χ4v) is 1.39. The third-order valence-electron chi connectivity index (χ3n) is 2.28. The molecule has 1 aromatic carbocycles. The van der Waals surface area contributed by atoms with Crippen molar-refractivity contribution >= 4 is 0 Å². The monoisotopic (exact) mass is 240 g/mol. The molecule has 1 rings (SSSR count). The Labute approximate surface area is 102 Å². The highest BCUT2D eigenvalue weighted by atomic mass is 16.5. The van der Waals surface area contributed by atoms with Crippen LogP contribution in [-0.2, 0) is 9.47 Å². The van der Waals surface area contributed by atoms with Crippen LogP contribution in [-0.4, -0.2) is 38.6 Å². The number of rotatable bonds is 8. The van der Waals surface area contributed by atoms with Crippen LogP contribution in [0.2, 0.25) is 0 Å². The molecule has 0 saturated heterocycles. The molecule has 4 heteroatoms. The molecule has 0 saturated carbocycles.